The number of hydrogen-bond acceptors (Lipinski definition) is 8. The summed E-state index contributed by atoms with van der Waals surface area (Å²) < 4.78 is 39.3. The molecule has 4 aromatic rings. The Balaban J connectivity index is 1.22. The smallest absolute Gasteiger partial charge is 0.251 e. The summed E-state index contributed by atoms with van der Waals surface area (Å²) in [6.45, 7) is 0.804. The van der Waals surface area contributed by atoms with Crippen LogP contribution in [0.15, 0.2) is 60.8 Å². The van der Waals surface area contributed by atoms with Crippen LogP contribution in [0.2, 0.25) is 0 Å². The Labute approximate surface area is 244 Å². The number of nitrogens with zero attached hydrogens (tertiary/aromatic N) is 1. The molecular formula is C30H29F2N5O6. The standard InChI is InChI=1S/C30H29F2N5O6/c31-21-7-8-25(43-12-11-42-10-9-38)26(27(21)32)28(39)17-1-3-18(4-2-17)29(40)35-23-15-33-16-24(23)36-30(41)19-5-6-20-14-34-37-22(20)13-19/h1-8,13-14,23-24,33,38H,9-12,15-16H2,(H,34,37)(H,35,40)(H,36,41)/t23-,24-/m1/s1. The number of aromatic nitrogens is 2. The Morgan fingerprint density at radius 3 is 2.28 bits per heavy atom. The van der Waals surface area contributed by atoms with Gasteiger partial charge >= 0.3 is 0 Å². The minimum absolute atomic E-state index is 0.0179. The molecule has 1 aliphatic heterocycles. The van der Waals surface area contributed by atoms with Crippen LogP contribution in [0.5, 0.6) is 5.75 Å². The number of rotatable bonds is 12. The highest BCUT2D eigenvalue weighted by Crippen LogP contribution is 2.27. The summed E-state index contributed by atoms with van der Waals surface area (Å²) in [6, 6.07) is 11.9. The van der Waals surface area contributed by atoms with Crippen LogP contribution < -0.4 is 20.7 Å². The molecule has 224 valence electrons. The zero-order chi connectivity index (χ0) is 30.3. The monoisotopic (exact) mass is 593 g/mol. The van der Waals surface area contributed by atoms with Gasteiger partial charge in [0, 0.05) is 35.2 Å². The number of fused-ring (bicyclic) bond motifs is 1. The first kappa shape index (κ1) is 29.8. The highest BCUT2D eigenvalue weighted by atomic mass is 19.2. The van der Waals surface area contributed by atoms with Gasteiger partial charge in [0.25, 0.3) is 11.8 Å². The topological polar surface area (TPSA) is 155 Å². The third kappa shape index (κ3) is 6.85. The summed E-state index contributed by atoms with van der Waals surface area (Å²) in [5, 5.41) is 25.4. The predicted octanol–water partition coefficient (Wildman–Crippen LogP) is 1.96. The molecular weight excluding hydrogens is 564 g/mol. The summed E-state index contributed by atoms with van der Waals surface area (Å²) in [7, 11) is 0. The van der Waals surface area contributed by atoms with Crippen molar-refractivity contribution in [2.45, 2.75) is 12.1 Å². The maximum Gasteiger partial charge on any atom is 0.251 e. The summed E-state index contributed by atoms with van der Waals surface area (Å²) in [5.74, 6) is -4.28. The Morgan fingerprint density at radius 1 is 0.884 bits per heavy atom. The van der Waals surface area contributed by atoms with E-state index in [1.807, 2.05) is 0 Å². The molecule has 1 aliphatic rings. The van der Waals surface area contributed by atoms with Crippen molar-refractivity contribution in [2.75, 3.05) is 39.5 Å². The molecule has 1 aromatic heterocycles. The predicted molar refractivity (Wildman–Crippen MR) is 151 cm³/mol. The quantitative estimate of drug-likeness (QED) is 0.123. The van der Waals surface area contributed by atoms with Gasteiger partial charge in [0.05, 0.1) is 43.6 Å². The van der Waals surface area contributed by atoms with Crippen molar-refractivity contribution in [3.8, 4) is 5.75 Å². The normalized spacial score (nSPS) is 16.3. The number of aliphatic hydroxyl groups excluding tert-OH is 1. The van der Waals surface area contributed by atoms with Crippen LogP contribution in [0.4, 0.5) is 8.78 Å². The Bertz CT molecular complexity index is 1630. The first-order valence-electron chi connectivity index (χ1n) is 13.6. The average Bonchev–Trinajstić information content (AvgIpc) is 3.67. The summed E-state index contributed by atoms with van der Waals surface area (Å²) in [5.41, 5.74) is 0.852. The third-order valence-corrected chi connectivity index (χ3v) is 6.97. The van der Waals surface area contributed by atoms with Crippen molar-refractivity contribution in [3.05, 3.63) is 94.7 Å². The summed E-state index contributed by atoms with van der Waals surface area (Å²) >= 11 is 0. The number of ether oxygens (including phenoxy) is 2. The molecule has 13 heteroatoms. The number of carbonyl (C=O) groups excluding carboxylic acids is 3. The number of benzene rings is 3. The number of carbonyl (C=O) groups is 3. The van der Waals surface area contributed by atoms with E-state index in [1.165, 1.54) is 24.3 Å². The summed E-state index contributed by atoms with van der Waals surface area (Å²) in [4.78, 5) is 39.0. The average molecular weight is 594 g/mol. The molecule has 0 saturated carbocycles. The fourth-order valence-electron chi connectivity index (χ4n) is 4.72. The molecule has 2 atom stereocenters. The molecule has 2 amide bonds. The lowest BCUT2D eigenvalue weighted by molar-refractivity contribution is 0.0700. The molecule has 0 bridgehead atoms. The Kier molecular flexibility index (Phi) is 9.35. The van der Waals surface area contributed by atoms with Gasteiger partial charge in [-0.15, -0.1) is 0 Å². The summed E-state index contributed by atoms with van der Waals surface area (Å²) in [6.07, 6.45) is 1.66. The molecule has 1 fully saturated rings. The molecule has 1 saturated heterocycles. The molecule has 0 aliphatic carbocycles. The van der Waals surface area contributed by atoms with Gasteiger partial charge < -0.3 is 30.5 Å². The molecule has 2 heterocycles. The highest BCUT2D eigenvalue weighted by molar-refractivity contribution is 6.11. The van der Waals surface area contributed by atoms with Gasteiger partial charge in [-0.2, -0.15) is 5.10 Å². The molecule has 11 nitrogen and oxygen atoms in total. The van der Waals surface area contributed by atoms with E-state index in [9.17, 15) is 23.2 Å². The van der Waals surface area contributed by atoms with E-state index >= 15 is 0 Å². The number of halogens is 2. The molecule has 0 radical (unpaired) electrons. The van der Waals surface area contributed by atoms with Gasteiger partial charge in [-0.1, -0.05) is 18.2 Å². The van der Waals surface area contributed by atoms with Crippen molar-refractivity contribution in [1.82, 2.24) is 26.1 Å². The number of H-pyrrole nitrogens is 1. The molecule has 0 unspecified atom stereocenters. The van der Waals surface area contributed by atoms with E-state index in [4.69, 9.17) is 14.6 Å². The first-order chi connectivity index (χ1) is 20.9. The lowest BCUT2D eigenvalue weighted by Gasteiger charge is -2.21. The van der Waals surface area contributed by atoms with Crippen LogP contribution in [-0.2, 0) is 4.74 Å². The number of amides is 2. The van der Waals surface area contributed by atoms with Gasteiger partial charge in [0.1, 0.15) is 17.9 Å². The van der Waals surface area contributed by atoms with E-state index in [0.717, 1.165) is 23.0 Å². The minimum atomic E-state index is -1.35. The maximum atomic E-state index is 14.7. The number of hydrogen-bond donors (Lipinski definition) is 5. The van der Waals surface area contributed by atoms with Gasteiger partial charge in [-0.25, -0.2) is 8.78 Å². The second kappa shape index (κ2) is 13.5. The highest BCUT2D eigenvalue weighted by Gasteiger charge is 2.30. The van der Waals surface area contributed by atoms with Gasteiger partial charge in [0.2, 0.25) is 0 Å². The largest absolute Gasteiger partial charge is 0.490 e. The van der Waals surface area contributed by atoms with Gasteiger partial charge in [-0.3, -0.25) is 19.5 Å². The van der Waals surface area contributed by atoms with E-state index in [1.54, 1.807) is 24.4 Å². The molecule has 5 rings (SSSR count). The lowest BCUT2D eigenvalue weighted by atomic mass is 10.00. The van der Waals surface area contributed by atoms with Gasteiger partial charge in [0.15, 0.2) is 17.4 Å². The van der Waals surface area contributed by atoms with Crippen LogP contribution in [0, 0.1) is 11.6 Å². The van der Waals surface area contributed by atoms with Crippen LogP contribution in [0.1, 0.15) is 36.6 Å². The molecule has 43 heavy (non-hydrogen) atoms. The second-order valence-corrected chi connectivity index (χ2v) is 9.82. The third-order valence-electron chi connectivity index (χ3n) is 6.97. The van der Waals surface area contributed by atoms with E-state index in [2.05, 4.69) is 26.1 Å². The van der Waals surface area contributed by atoms with Crippen LogP contribution in [0.3, 0.4) is 0 Å². The van der Waals surface area contributed by atoms with E-state index in [0.29, 0.717) is 18.7 Å². The zero-order valence-electron chi connectivity index (χ0n) is 22.9. The fraction of sp³-hybridized carbons (Fsp3) is 0.267. The number of aliphatic hydroxyl groups is 1. The first-order valence-corrected chi connectivity index (χ1v) is 13.6. The molecule has 0 spiro atoms. The van der Waals surface area contributed by atoms with Crippen molar-refractivity contribution in [1.29, 1.82) is 0 Å². The van der Waals surface area contributed by atoms with Crippen LogP contribution >= 0.6 is 0 Å². The van der Waals surface area contributed by atoms with Crippen LogP contribution in [0.25, 0.3) is 10.9 Å². The lowest BCUT2D eigenvalue weighted by Crippen LogP contribution is -2.51. The van der Waals surface area contributed by atoms with E-state index < -0.39 is 34.9 Å². The SMILES string of the molecule is O=C(N[C@@H]1CNC[C@H]1NC(=O)c1ccc2cn[nH]c2c1)c1ccc(C(=O)c2c(OCCOCCO)ccc(F)c2F)cc1. The van der Waals surface area contributed by atoms with Crippen molar-refractivity contribution >= 4 is 28.5 Å². The molecule has 5 N–H and O–H groups in total. The number of nitrogens with one attached hydrogen (secondary N) is 4. The second-order valence-electron chi connectivity index (χ2n) is 9.82. The Morgan fingerprint density at radius 2 is 1.56 bits per heavy atom. The van der Waals surface area contributed by atoms with Crippen molar-refractivity contribution < 1.29 is 37.7 Å². The molecule has 3 aromatic carbocycles. The van der Waals surface area contributed by atoms with Gasteiger partial charge in [-0.05, 0) is 36.4 Å². The van der Waals surface area contributed by atoms with E-state index in [-0.39, 0.29) is 55.3 Å². The minimum Gasteiger partial charge on any atom is -0.490 e. The number of aromatic amines is 1. The van der Waals surface area contributed by atoms with Crippen LogP contribution in [-0.4, -0.2) is 84.5 Å². The van der Waals surface area contributed by atoms with Crippen molar-refractivity contribution in [3.63, 3.8) is 0 Å². The Hall–Kier alpha value is -4.72. The maximum absolute atomic E-state index is 14.7. The number of ketones is 1. The zero-order valence-corrected chi connectivity index (χ0v) is 22.9. The van der Waals surface area contributed by atoms with Crippen molar-refractivity contribution in [2.24, 2.45) is 0 Å². The fourth-order valence-corrected chi connectivity index (χ4v) is 4.72.